The lowest BCUT2D eigenvalue weighted by Gasteiger charge is -2.23. The summed E-state index contributed by atoms with van der Waals surface area (Å²) < 4.78 is 5.51. The predicted octanol–water partition coefficient (Wildman–Crippen LogP) is 1.66. The maximum absolute atomic E-state index is 11.6. The first kappa shape index (κ1) is 17.1. The van der Waals surface area contributed by atoms with E-state index in [0.29, 0.717) is 5.71 Å². The third-order valence-corrected chi connectivity index (χ3v) is 2.95. The molecule has 1 aromatic rings. The minimum absolute atomic E-state index is 0.0250. The molecule has 0 aromatic heterocycles. The van der Waals surface area contributed by atoms with Crippen LogP contribution < -0.4 is 16.6 Å². The van der Waals surface area contributed by atoms with Crippen molar-refractivity contribution in [2.45, 2.75) is 39.3 Å². The molecule has 0 aliphatic carbocycles. The lowest BCUT2D eigenvalue weighted by molar-refractivity contribution is -0.140. The van der Waals surface area contributed by atoms with Crippen molar-refractivity contribution in [3.05, 3.63) is 29.8 Å². The van der Waals surface area contributed by atoms with E-state index in [9.17, 15) is 4.79 Å². The summed E-state index contributed by atoms with van der Waals surface area (Å²) >= 11 is 0. The van der Waals surface area contributed by atoms with Crippen LogP contribution in [0.3, 0.4) is 0 Å². The monoisotopic (exact) mass is 292 g/mol. The number of nitrogens with two attached hydrogens (primary N) is 1. The maximum Gasteiger partial charge on any atom is 0.265 e. The van der Waals surface area contributed by atoms with E-state index in [4.69, 9.17) is 16.0 Å². The summed E-state index contributed by atoms with van der Waals surface area (Å²) in [6.07, 6.45) is 0. The molecule has 5 N–H and O–H groups in total. The molecule has 1 rings (SSSR count). The Morgan fingerprint density at radius 2 is 2.00 bits per heavy atom. The van der Waals surface area contributed by atoms with Gasteiger partial charge < -0.3 is 15.5 Å². The zero-order valence-corrected chi connectivity index (χ0v) is 13.0. The van der Waals surface area contributed by atoms with Crippen molar-refractivity contribution >= 4 is 17.3 Å². The number of anilines is 1. The molecule has 21 heavy (non-hydrogen) atoms. The Morgan fingerprint density at radius 3 is 2.57 bits per heavy atom. The number of hydrogen-bond donors (Lipinski definition) is 4. The number of carbonyl (C=O) groups excluding carboxylic acids is 1. The molecule has 6 heteroatoms. The average molecular weight is 292 g/mol. The van der Waals surface area contributed by atoms with Crippen molar-refractivity contribution in [2.24, 2.45) is 5.84 Å². The summed E-state index contributed by atoms with van der Waals surface area (Å²) in [7, 11) is 0. The molecule has 0 bridgehead atoms. The summed E-state index contributed by atoms with van der Waals surface area (Å²) in [6, 6.07) is 7.81. The van der Waals surface area contributed by atoms with Gasteiger partial charge in [-0.3, -0.25) is 10.2 Å². The number of hydrogen-bond acceptors (Lipinski definition) is 5. The maximum atomic E-state index is 11.6. The van der Waals surface area contributed by atoms with Gasteiger partial charge in [0.1, 0.15) is 5.60 Å². The van der Waals surface area contributed by atoms with Crippen LogP contribution in [0.25, 0.3) is 0 Å². The molecule has 1 aromatic carbocycles. The molecule has 0 saturated carbocycles. The Kier molecular flexibility index (Phi) is 5.87. The van der Waals surface area contributed by atoms with E-state index in [1.807, 2.05) is 38.1 Å². The molecule has 0 fully saturated rings. The molecule has 0 saturated heterocycles. The minimum atomic E-state index is -1.08. The highest BCUT2D eigenvalue weighted by Crippen LogP contribution is 2.18. The Hall–Kier alpha value is -1.92. The van der Waals surface area contributed by atoms with E-state index < -0.39 is 11.5 Å². The molecule has 0 atom stereocenters. The molecule has 116 valence electrons. The molecule has 6 nitrogen and oxygen atoms in total. The van der Waals surface area contributed by atoms with E-state index in [1.54, 1.807) is 13.8 Å². The van der Waals surface area contributed by atoms with Gasteiger partial charge in [0, 0.05) is 17.3 Å². The molecular weight excluding hydrogens is 268 g/mol. The zero-order chi connectivity index (χ0) is 16.0. The summed E-state index contributed by atoms with van der Waals surface area (Å²) in [6.45, 7) is 7.32. The smallest absolute Gasteiger partial charge is 0.265 e. The van der Waals surface area contributed by atoms with Crippen LogP contribution in [0.5, 0.6) is 0 Å². The highest BCUT2D eigenvalue weighted by atomic mass is 16.5. The fraction of sp³-hybridized carbons (Fsp3) is 0.467. The number of amides is 1. The SMILES string of the molecule is CC(C)Nc1ccccc1C(=N)COC(C)(C)C(=O)NN. The van der Waals surface area contributed by atoms with Crippen LogP contribution in [0.4, 0.5) is 5.69 Å². The summed E-state index contributed by atoms with van der Waals surface area (Å²) in [5.74, 6) is 4.68. The Bertz CT molecular complexity index is 512. The van der Waals surface area contributed by atoms with Gasteiger partial charge in [-0.15, -0.1) is 0 Å². The van der Waals surface area contributed by atoms with Gasteiger partial charge in [-0.1, -0.05) is 18.2 Å². The van der Waals surface area contributed by atoms with Gasteiger partial charge in [-0.05, 0) is 33.8 Å². The standard InChI is InChI=1S/C15H24N4O2/c1-10(2)18-13-8-6-5-7-11(13)12(16)9-21-15(3,4)14(20)19-17/h5-8,10,16,18H,9,17H2,1-4H3,(H,19,20). The van der Waals surface area contributed by atoms with Crippen LogP contribution in [-0.2, 0) is 9.53 Å². The van der Waals surface area contributed by atoms with Gasteiger partial charge in [0.15, 0.2) is 0 Å². The predicted molar refractivity (Wildman–Crippen MR) is 84.4 cm³/mol. The molecule has 0 unspecified atom stereocenters. The number of para-hydroxylation sites is 1. The lowest BCUT2D eigenvalue weighted by Crippen LogP contribution is -2.47. The van der Waals surface area contributed by atoms with Gasteiger partial charge in [0.25, 0.3) is 5.91 Å². The van der Waals surface area contributed by atoms with Crippen molar-refractivity contribution in [3.63, 3.8) is 0 Å². The van der Waals surface area contributed by atoms with Crippen LogP contribution in [0.1, 0.15) is 33.3 Å². The van der Waals surface area contributed by atoms with E-state index in [2.05, 4.69) is 10.7 Å². The van der Waals surface area contributed by atoms with Crippen molar-refractivity contribution in [1.29, 1.82) is 5.41 Å². The number of nitrogens with one attached hydrogen (secondary N) is 3. The molecular formula is C15H24N4O2. The van der Waals surface area contributed by atoms with Gasteiger partial charge in [0.2, 0.25) is 0 Å². The fourth-order valence-electron chi connectivity index (χ4n) is 1.75. The van der Waals surface area contributed by atoms with Gasteiger partial charge in [-0.25, -0.2) is 5.84 Å². The summed E-state index contributed by atoms with van der Waals surface area (Å²) in [4.78, 5) is 11.6. The summed E-state index contributed by atoms with van der Waals surface area (Å²) in [5.41, 5.74) is 2.92. The Balaban J connectivity index is 2.79. The Labute approximate surface area is 125 Å². The van der Waals surface area contributed by atoms with Crippen LogP contribution in [0.2, 0.25) is 0 Å². The molecule has 0 radical (unpaired) electrons. The second-order valence-electron chi connectivity index (χ2n) is 5.60. The van der Waals surface area contributed by atoms with Crippen LogP contribution in [0.15, 0.2) is 24.3 Å². The molecule has 1 amide bonds. The highest BCUT2D eigenvalue weighted by molar-refractivity contribution is 6.04. The zero-order valence-electron chi connectivity index (χ0n) is 13.0. The normalized spacial score (nSPS) is 11.3. The molecule has 0 spiro atoms. The largest absolute Gasteiger partial charge is 0.382 e. The van der Waals surface area contributed by atoms with Crippen molar-refractivity contribution in [3.8, 4) is 0 Å². The number of carbonyl (C=O) groups is 1. The molecule has 0 aliphatic rings. The van der Waals surface area contributed by atoms with Crippen molar-refractivity contribution in [1.82, 2.24) is 5.43 Å². The quantitative estimate of drug-likeness (QED) is 0.266. The van der Waals surface area contributed by atoms with Crippen LogP contribution >= 0.6 is 0 Å². The second-order valence-corrected chi connectivity index (χ2v) is 5.60. The van der Waals surface area contributed by atoms with E-state index in [-0.39, 0.29) is 12.6 Å². The topological polar surface area (TPSA) is 100 Å². The molecule has 0 heterocycles. The first-order valence-electron chi connectivity index (χ1n) is 6.86. The van der Waals surface area contributed by atoms with Gasteiger partial charge in [-0.2, -0.15) is 0 Å². The first-order valence-corrected chi connectivity index (χ1v) is 6.86. The Morgan fingerprint density at radius 1 is 1.38 bits per heavy atom. The second kappa shape index (κ2) is 7.19. The van der Waals surface area contributed by atoms with E-state index in [1.165, 1.54) is 0 Å². The van der Waals surface area contributed by atoms with Gasteiger partial charge in [0.05, 0.1) is 12.3 Å². The number of hydrazine groups is 1. The van der Waals surface area contributed by atoms with E-state index in [0.717, 1.165) is 11.3 Å². The van der Waals surface area contributed by atoms with Crippen LogP contribution in [-0.4, -0.2) is 29.9 Å². The van der Waals surface area contributed by atoms with E-state index >= 15 is 0 Å². The average Bonchev–Trinajstić information content (AvgIpc) is 2.43. The third-order valence-electron chi connectivity index (χ3n) is 2.95. The summed E-state index contributed by atoms with van der Waals surface area (Å²) in [5, 5.41) is 11.5. The van der Waals surface area contributed by atoms with Crippen molar-refractivity contribution < 1.29 is 9.53 Å². The molecule has 0 aliphatic heterocycles. The number of benzene rings is 1. The van der Waals surface area contributed by atoms with Crippen LogP contribution in [0, 0.1) is 5.41 Å². The lowest BCUT2D eigenvalue weighted by atomic mass is 10.1. The van der Waals surface area contributed by atoms with Gasteiger partial charge >= 0.3 is 0 Å². The minimum Gasteiger partial charge on any atom is -0.382 e. The number of rotatable bonds is 7. The first-order chi connectivity index (χ1) is 9.77. The third kappa shape index (κ3) is 4.84. The highest BCUT2D eigenvalue weighted by Gasteiger charge is 2.28. The number of ether oxygens (including phenoxy) is 1. The van der Waals surface area contributed by atoms with Crippen molar-refractivity contribution in [2.75, 3.05) is 11.9 Å². The fourth-order valence-corrected chi connectivity index (χ4v) is 1.75.